The smallest absolute Gasteiger partial charge is 0.159 e. The summed E-state index contributed by atoms with van der Waals surface area (Å²) < 4.78 is 12.5. The Labute approximate surface area is 319 Å². The van der Waals surface area contributed by atoms with Gasteiger partial charge in [0, 0.05) is 73.5 Å². The van der Waals surface area contributed by atoms with Crippen LogP contribution in [-0.4, -0.2) is 0 Å². The molecule has 3 heterocycles. The lowest BCUT2D eigenvalue weighted by Crippen LogP contribution is -2.22. The van der Waals surface area contributed by atoms with Crippen molar-refractivity contribution in [3.05, 3.63) is 187 Å². The SMILES string of the molecule is CC1(c2cccc3c2oc2c(N(c4ccc5c(c4)sc4ccccc45)c4ccc5sc6ccccc6c5c4)cccc23)c2ccccc2-c2ccccc21. The number of furan rings is 1. The summed E-state index contributed by atoms with van der Waals surface area (Å²) in [6.45, 7) is 2.37. The van der Waals surface area contributed by atoms with Gasteiger partial charge in [0.1, 0.15) is 5.58 Å². The number of benzene rings is 8. The molecule has 2 nitrogen and oxygen atoms in total. The lowest BCUT2D eigenvalue weighted by molar-refractivity contribution is 0.638. The Morgan fingerprint density at radius 2 is 0.926 bits per heavy atom. The van der Waals surface area contributed by atoms with Crippen molar-refractivity contribution in [2.75, 3.05) is 4.90 Å². The molecule has 0 atom stereocenters. The Morgan fingerprint density at radius 3 is 1.69 bits per heavy atom. The highest BCUT2D eigenvalue weighted by atomic mass is 32.1. The van der Waals surface area contributed by atoms with Gasteiger partial charge in [-0.25, -0.2) is 0 Å². The molecular formula is C50H31NOS2. The predicted octanol–water partition coefficient (Wildman–Crippen LogP) is 15.1. The summed E-state index contributed by atoms with van der Waals surface area (Å²) in [5, 5.41) is 7.39. The van der Waals surface area contributed by atoms with Gasteiger partial charge in [-0.2, -0.15) is 0 Å². The molecule has 0 fully saturated rings. The van der Waals surface area contributed by atoms with Crippen LogP contribution in [0.15, 0.2) is 174 Å². The van der Waals surface area contributed by atoms with Crippen molar-refractivity contribution in [3.8, 4) is 11.1 Å². The maximum atomic E-state index is 7.29. The second-order valence-electron chi connectivity index (χ2n) is 14.5. The molecule has 0 bridgehead atoms. The molecule has 0 unspecified atom stereocenters. The fraction of sp³-hybridized carbons (Fsp3) is 0.0400. The van der Waals surface area contributed by atoms with Gasteiger partial charge >= 0.3 is 0 Å². The number of anilines is 3. The van der Waals surface area contributed by atoms with Gasteiger partial charge in [0.25, 0.3) is 0 Å². The zero-order valence-corrected chi connectivity index (χ0v) is 31.0. The Morgan fingerprint density at radius 1 is 0.407 bits per heavy atom. The van der Waals surface area contributed by atoms with Crippen molar-refractivity contribution in [3.63, 3.8) is 0 Å². The van der Waals surface area contributed by atoms with Crippen LogP contribution < -0.4 is 4.90 Å². The van der Waals surface area contributed by atoms with Crippen LogP contribution >= 0.6 is 22.7 Å². The summed E-state index contributed by atoms with van der Waals surface area (Å²) in [7, 11) is 0. The molecule has 54 heavy (non-hydrogen) atoms. The molecule has 0 aliphatic heterocycles. The quantitative estimate of drug-likeness (QED) is 0.180. The van der Waals surface area contributed by atoms with E-state index in [-0.39, 0.29) is 5.41 Å². The van der Waals surface area contributed by atoms with Crippen LogP contribution in [0.2, 0.25) is 0 Å². The number of nitrogens with zero attached hydrogens (tertiary/aromatic N) is 1. The Bertz CT molecular complexity index is 3280. The lowest BCUT2D eigenvalue weighted by Gasteiger charge is -2.28. The van der Waals surface area contributed by atoms with Gasteiger partial charge in [0.05, 0.1) is 5.69 Å². The van der Waals surface area contributed by atoms with E-state index in [0.29, 0.717) is 0 Å². The highest BCUT2D eigenvalue weighted by molar-refractivity contribution is 7.26. The Kier molecular flexibility index (Phi) is 6.26. The third-order valence-electron chi connectivity index (χ3n) is 11.7. The van der Waals surface area contributed by atoms with Gasteiger partial charge in [0.15, 0.2) is 5.58 Å². The molecule has 1 aliphatic rings. The summed E-state index contributed by atoms with van der Waals surface area (Å²) in [6, 6.07) is 62.4. The summed E-state index contributed by atoms with van der Waals surface area (Å²) in [4.78, 5) is 2.40. The molecule has 8 aromatic carbocycles. The van der Waals surface area contributed by atoms with E-state index in [0.717, 1.165) is 39.0 Å². The fourth-order valence-electron chi connectivity index (χ4n) is 9.25. The van der Waals surface area contributed by atoms with Crippen LogP contribution in [0.1, 0.15) is 23.6 Å². The molecule has 3 aromatic heterocycles. The van der Waals surface area contributed by atoms with Gasteiger partial charge in [-0.15, -0.1) is 22.7 Å². The summed E-state index contributed by atoms with van der Waals surface area (Å²) in [5.74, 6) is 0. The summed E-state index contributed by atoms with van der Waals surface area (Å²) >= 11 is 3.70. The number of thiophene rings is 2. The maximum absolute atomic E-state index is 7.29. The predicted molar refractivity (Wildman–Crippen MR) is 232 cm³/mol. The molecule has 254 valence electrons. The van der Waals surface area contributed by atoms with Crippen molar-refractivity contribution in [1.82, 2.24) is 0 Å². The number of rotatable bonds is 4. The van der Waals surface area contributed by atoms with Crippen molar-refractivity contribution in [2.45, 2.75) is 12.3 Å². The third-order valence-corrected chi connectivity index (χ3v) is 14.0. The molecule has 0 saturated heterocycles. The molecule has 0 radical (unpaired) electrons. The van der Waals surface area contributed by atoms with Gasteiger partial charge in [-0.3, -0.25) is 0 Å². The first-order valence-corrected chi connectivity index (χ1v) is 20.1. The maximum Gasteiger partial charge on any atom is 0.159 e. The minimum absolute atomic E-state index is 0.377. The minimum atomic E-state index is -0.377. The van der Waals surface area contributed by atoms with Crippen LogP contribution in [0.3, 0.4) is 0 Å². The van der Waals surface area contributed by atoms with Gasteiger partial charge in [0.2, 0.25) is 0 Å². The lowest BCUT2D eigenvalue weighted by atomic mass is 9.74. The van der Waals surface area contributed by atoms with Crippen molar-refractivity contribution < 1.29 is 4.42 Å². The number of fused-ring (bicyclic) bond motifs is 12. The van der Waals surface area contributed by atoms with Gasteiger partial charge in [-0.05, 0) is 77.7 Å². The van der Waals surface area contributed by atoms with Crippen molar-refractivity contribution in [1.29, 1.82) is 0 Å². The molecule has 11 aromatic rings. The molecule has 0 spiro atoms. The van der Waals surface area contributed by atoms with E-state index in [1.165, 1.54) is 68.2 Å². The zero-order chi connectivity index (χ0) is 35.5. The first-order valence-electron chi connectivity index (χ1n) is 18.4. The normalized spacial score (nSPS) is 13.4. The van der Waals surface area contributed by atoms with E-state index in [9.17, 15) is 0 Å². The van der Waals surface area contributed by atoms with Crippen LogP contribution in [0.5, 0.6) is 0 Å². The largest absolute Gasteiger partial charge is 0.454 e. The van der Waals surface area contributed by atoms with E-state index in [1.54, 1.807) is 0 Å². The van der Waals surface area contributed by atoms with Crippen LogP contribution in [0.4, 0.5) is 17.1 Å². The van der Waals surface area contributed by atoms with E-state index in [2.05, 4.69) is 182 Å². The molecule has 0 N–H and O–H groups in total. The first kappa shape index (κ1) is 30.3. The molecule has 12 rings (SSSR count). The number of hydrogen-bond acceptors (Lipinski definition) is 4. The molecule has 1 aliphatic carbocycles. The van der Waals surface area contributed by atoms with E-state index in [1.807, 2.05) is 22.7 Å². The molecule has 0 amide bonds. The number of para-hydroxylation sites is 2. The monoisotopic (exact) mass is 725 g/mol. The second kappa shape index (κ2) is 11.2. The third kappa shape index (κ3) is 4.10. The highest BCUT2D eigenvalue weighted by Crippen LogP contribution is 2.55. The minimum Gasteiger partial charge on any atom is -0.454 e. The van der Waals surface area contributed by atoms with Crippen LogP contribution in [-0.2, 0) is 5.41 Å². The second-order valence-corrected chi connectivity index (χ2v) is 16.7. The Balaban J connectivity index is 1.13. The highest BCUT2D eigenvalue weighted by Gasteiger charge is 2.42. The summed E-state index contributed by atoms with van der Waals surface area (Å²) in [5.41, 5.74) is 11.1. The van der Waals surface area contributed by atoms with E-state index >= 15 is 0 Å². The van der Waals surface area contributed by atoms with E-state index < -0.39 is 0 Å². The average molecular weight is 726 g/mol. The first-order chi connectivity index (χ1) is 26.6. The standard InChI is InChI=1S/C50H31NOS2/c1-50(40-18-6-2-12-32(40)33-13-3-7-19-41(33)50)42-20-10-16-37-38-17-11-21-43(49(38)52-48(37)42)51(30-25-27-46-39(28-30)35-15-5-9-23-45(35)53-46)31-24-26-36-34-14-4-8-22-44(34)54-47(36)29-31/h2-29H,1H3. The zero-order valence-electron chi connectivity index (χ0n) is 29.3. The van der Waals surface area contributed by atoms with Gasteiger partial charge in [-0.1, -0.05) is 121 Å². The fourth-order valence-corrected chi connectivity index (χ4v) is 11.5. The van der Waals surface area contributed by atoms with Gasteiger partial charge < -0.3 is 9.32 Å². The molecule has 4 heteroatoms. The van der Waals surface area contributed by atoms with Crippen molar-refractivity contribution >= 4 is 102 Å². The van der Waals surface area contributed by atoms with Crippen LogP contribution in [0.25, 0.3) is 73.4 Å². The number of hydrogen-bond donors (Lipinski definition) is 0. The van der Waals surface area contributed by atoms with Crippen molar-refractivity contribution in [2.24, 2.45) is 0 Å². The summed E-state index contributed by atoms with van der Waals surface area (Å²) in [6.07, 6.45) is 0. The Hall–Kier alpha value is -6.20. The molecular weight excluding hydrogens is 695 g/mol. The average Bonchev–Trinajstić information content (AvgIpc) is 3.97. The van der Waals surface area contributed by atoms with E-state index in [4.69, 9.17) is 4.42 Å². The van der Waals surface area contributed by atoms with Crippen LogP contribution in [0, 0.1) is 0 Å². The topological polar surface area (TPSA) is 16.4 Å². The molecule has 0 saturated carbocycles.